The molecule has 1 aromatic carbocycles. The molecule has 1 heterocycles. The topological polar surface area (TPSA) is 27.1 Å². The fraction of sp³-hybridized carbons (Fsp3) is 0.533. The predicted molar refractivity (Wildman–Crippen MR) is 79.9 cm³/mol. The number of alkyl halides is 1. The largest absolute Gasteiger partial charge is 0.383 e. The third-order valence-corrected chi connectivity index (χ3v) is 3.67. The van der Waals surface area contributed by atoms with Crippen LogP contribution in [-0.4, -0.2) is 29.1 Å². The molecule has 0 bridgehead atoms. The summed E-state index contributed by atoms with van der Waals surface area (Å²) < 4.78 is 34.8. The molecule has 0 aliphatic carbocycles. The van der Waals surface area contributed by atoms with Crippen LogP contribution in [0.3, 0.4) is 0 Å². The summed E-state index contributed by atoms with van der Waals surface area (Å²) in [5, 5.41) is 0. The fourth-order valence-electron chi connectivity index (χ4n) is 2.64. The lowest BCUT2D eigenvalue weighted by atomic mass is 10.1. The van der Waals surface area contributed by atoms with E-state index in [1.54, 1.807) is 11.7 Å². The lowest BCUT2D eigenvalue weighted by Crippen LogP contribution is -2.18. The van der Waals surface area contributed by atoms with Crippen molar-refractivity contribution in [3.63, 3.8) is 0 Å². The summed E-state index contributed by atoms with van der Waals surface area (Å²) in [6, 6.07) is 2.52. The molecule has 21 heavy (non-hydrogen) atoms. The Hall–Kier alpha value is -1.20. The van der Waals surface area contributed by atoms with E-state index in [9.17, 15) is 8.78 Å². The normalized spacial score (nSPS) is 13.0. The number of hydrogen-bond acceptors (Lipinski definition) is 2. The Balaban J connectivity index is 2.65. The van der Waals surface area contributed by atoms with Crippen LogP contribution < -0.4 is 0 Å². The van der Waals surface area contributed by atoms with Gasteiger partial charge in [0, 0.05) is 19.4 Å². The monoisotopic (exact) mass is 316 g/mol. The van der Waals surface area contributed by atoms with E-state index in [-0.39, 0.29) is 11.6 Å². The quantitative estimate of drug-likeness (QED) is 0.720. The van der Waals surface area contributed by atoms with Crippen molar-refractivity contribution in [2.75, 3.05) is 19.6 Å². The summed E-state index contributed by atoms with van der Waals surface area (Å²) in [6.07, 6.45) is 2.21. The van der Waals surface area contributed by atoms with Crippen molar-refractivity contribution in [2.24, 2.45) is 0 Å². The zero-order valence-electron chi connectivity index (χ0n) is 12.2. The number of nitrogens with zero attached hydrogens (tertiary/aromatic N) is 2. The number of benzene rings is 1. The summed E-state index contributed by atoms with van der Waals surface area (Å²) in [4.78, 5) is 4.41. The van der Waals surface area contributed by atoms with Crippen molar-refractivity contribution in [3.05, 3.63) is 29.6 Å². The first kappa shape index (κ1) is 16.2. The third-order valence-electron chi connectivity index (χ3n) is 3.48. The number of hydrogen-bond donors (Lipinski definition) is 0. The van der Waals surface area contributed by atoms with Crippen LogP contribution in [0.1, 0.15) is 31.6 Å². The molecule has 2 rings (SSSR count). The number of rotatable bonds is 7. The molecule has 0 aliphatic heterocycles. The molecule has 0 fully saturated rings. The first-order valence-electron chi connectivity index (χ1n) is 7.03. The predicted octanol–water partition coefficient (Wildman–Crippen LogP) is 4.08. The molecule has 6 heteroatoms. The van der Waals surface area contributed by atoms with Crippen LogP contribution in [0.25, 0.3) is 11.0 Å². The smallest absolute Gasteiger partial charge is 0.184 e. The van der Waals surface area contributed by atoms with E-state index in [0.29, 0.717) is 30.2 Å². The average molecular weight is 317 g/mol. The molecule has 1 atom stereocenters. The zero-order chi connectivity index (χ0) is 15.4. The molecule has 0 N–H and O–H groups in total. The second-order valence-electron chi connectivity index (χ2n) is 4.96. The average Bonchev–Trinajstić information content (AvgIpc) is 2.82. The number of imidazole rings is 1. The minimum atomic E-state index is -0.867. The maximum absolute atomic E-state index is 14.2. The number of methoxy groups -OCH3 is 1. The van der Waals surface area contributed by atoms with Gasteiger partial charge >= 0.3 is 0 Å². The summed E-state index contributed by atoms with van der Waals surface area (Å²) >= 11 is 5.81. The minimum absolute atomic E-state index is 0.0838. The fourth-order valence-corrected chi connectivity index (χ4v) is 2.81. The van der Waals surface area contributed by atoms with Gasteiger partial charge in [0.1, 0.15) is 11.3 Å². The van der Waals surface area contributed by atoms with Gasteiger partial charge in [0.2, 0.25) is 0 Å². The van der Waals surface area contributed by atoms with Crippen LogP contribution in [0, 0.1) is 11.6 Å². The molecule has 0 saturated carbocycles. The molecule has 1 unspecified atom stereocenters. The van der Waals surface area contributed by atoms with Gasteiger partial charge in [-0.1, -0.05) is 13.3 Å². The number of ether oxygens (including phenoxy) is 1. The highest BCUT2D eigenvalue weighted by atomic mass is 35.5. The molecule has 1 aromatic heterocycles. The number of fused-ring (bicyclic) bond motifs is 1. The summed E-state index contributed by atoms with van der Waals surface area (Å²) in [5.41, 5.74) is 0.650. The first-order chi connectivity index (χ1) is 10.1. The maximum atomic E-state index is 14.2. The van der Waals surface area contributed by atoms with E-state index in [2.05, 4.69) is 4.98 Å². The van der Waals surface area contributed by atoms with Crippen LogP contribution >= 0.6 is 11.6 Å². The first-order valence-corrected chi connectivity index (χ1v) is 7.57. The Labute approximate surface area is 127 Å². The molecule has 2 aromatic rings. The Morgan fingerprint density at radius 3 is 2.76 bits per heavy atom. The van der Waals surface area contributed by atoms with Crippen molar-refractivity contribution in [2.45, 2.75) is 32.2 Å². The molecule has 0 saturated heterocycles. The van der Waals surface area contributed by atoms with Gasteiger partial charge < -0.3 is 9.30 Å². The van der Waals surface area contributed by atoms with Crippen LogP contribution in [0.15, 0.2) is 12.1 Å². The molecule has 0 amide bonds. The Kier molecular flexibility index (Phi) is 5.53. The highest BCUT2D eigenvalue weighted by molar-refractivity contribution is 6.17. The number of aromatic nitrogens is 2. The Morgan fingerprint density at radius 2 is 2.14 bits per heavy atom. The summed E-state index contributed by atoms with van der Waals surface area (Å²) in [5.74, 6) is -0.689. The van der Waals surface area contributed by atoms with Crippen molar-refractivity contribution in [1.82, 2.24) is 9.55 Å². The highest BCUT2D eigenvalue weighted by Crippen LogP contribution is 2.28. The molecule has 0 aliphatic rings. The van der Waals surface area contributed by atoms with Crippen molar-refractivity contribution >= 4 is 22.6 Å². The van der Waals surface area contributed by atoms with E-state index in [0.717, 1.165) is 18.9 Å². The second kappa shape index (κ2) is 7.18. The molecular formula is C15H19ClF2N2O. The lowest BCUT2D eigenvalue weighted by Gasteiger charge is -2.20. The van der Waals surface area contributed by atoms with E-state index in [4.69, 9.17) is 16.3 Å². The Bertz CT molecular complexity index is 609. The molecule has 0 radical (unpaired) electrons. The van der Waals surface area contributed by atoms with Gasteiger partial charge in [-0.2, -0.15) is 0 Å². The SMILES string of the molecule is CCCC(COC)n1c(CCCl)nc2ccc(F)c(F)c21. The van der Waals surface area contributed by atoms with Crippen molar-refractivity contribution in [1.29, 1.82) is 0 Å². The minimum Gasteiger partial charge on any atom is -0.383 e. The van der Waals surface area contributed by atoms with Crippen LogP contribution in [0.2, 0.25) is 0 Å². The summed E-state index contributed by atoms with van der Waals surface area (Å²) in [6.45, 7) is 2.46. The van der Waals surface area contributed by atoms with Gasteiger partial charge in [-0.25, -0.2) is 13.8 Å². The summed E-state index contributed by atoms with van der Waals surface area (Å²) in [7, 11) is 1.60. The van der Waals surface area contributed by atoms with Gasteiger partial charge in [-0.05, 0) is 18.6 Å². The van der Waals surface area contributed by atoms with E-state index in [1.807, 2.05) is 6.92 Å². The van der Waals surface area contributed by atoms with Gasteiger partial charge in [-0.15, -0.1) is 11.6 Å². The van der Waals surface area contributed by atoms with Gasteiger partial charge in [0.25, 0.3) is 0 Å². The lowest BCUT2D eigenvalue weighted by molar-refractivity contribution is 0.150. The molecule has 0 spiro atoms. The number of aryl methyl sites for hydroxylation is 1. The van der Waals surface area contributed by atoms with E-state index < -0.39 is 11.6 Å². The molecular weight excluding hydrogens is 298 g/mol. The highest BCUT2D eigenvalue weighted by Gasteiger charge is 2.22. The Morgan fingerprint density at radius 1 is 1.38 bits per heavy atom. The standard InChI is InChI=1S/C15H19ClF2N2O/c1-3-4-10(9-21-2)20-13(7-8-16)19-12-6-5-11(17)14(18)15(12)20/h5-6,10H,3-4,7-9H2,1-2H3. The second-order valence-corrected chi connectivity index (χ2v) is 5.34. The van der Waals surface area contributed by atoms with Crippen LogP contribution in [-0.2, 0) is 11.2 Å². The third kappa shape index (κ3) is 3.19. The van der Waals surface area contributed by atoms with Crippen molar-refractivity contribution in [3.8, 4) is 0 Å². The van der Waals surface area contributed by atoms with Gasteiger partial charge in [0.15, 0.2) is 11.6 Å². The van der Waals surface area contributed by atoms with Gasteiger partial charge in [0.05, 0.1) is 18.2 Å². The zero-order valence-corrected chi connectivity index (χ0v) is 13.0. The van der Waals surface area contributed by atoms with Crippen LogP contribution in [0.4, 0.5) is 8.78 Å². The van der Waals surface area contributed by atoms with E-state index >= 15 is 0 Å². The maximum Gasteiger partial charge on any atom is 0.184 e. The molecule has 116 valence electrons. The van der Waals surface area contributed by atoms with E-state index in [1.165, 1.54) is 6.07 Å². The van der Waals surface area contributed by atoms with Crippen molar-refractivity contribution < 1.29 is 13.5 Å². The van der Waals surface area contributed by atoms with Gasteiger partial charge in [-0.3, -0.25) is 0 Å². The molecule has 3 nitrogen and oxygen atoms in total. The number of halogens is 3. The van der Waals surface area contributed by atoms with Crippen LogP contribution in [0.5, 0.6) is 0 Å².